The third-order valence-electron chi connectivity index (χ3n) is 4.69. The van der Waals surface area contributed by atoms with Gasteiger partial charge in [-0.2, -0.15) is 0 Å². The molecule has 1 atom stereocenters. The van der Waals surface area contributed by atoms with Gasteiger partial charge in [0.05, 0.1) is 0 Å². The molecule has 0 amide bonds. The SMILES string of the molecule is CCCCCCCCCCCCCCCCCC(=O)OC(C)S(=O)(=O)[O-].[K+]. The minimum atomic E-state index is -4.55. The summed E-state index contributed by atoms with van der Waals surface area (Å²) in [6.07, 6.45) is 18.9. The Morgan fingerprint density at radius 1 is 0.778 bits per heavy atom. The predicted molar refractivity (Wildman–Crippen MR) is 105 cm³/mol. The van der Waals surface area contributed by atoms with Crippen LogP contribution < -0.4 is 51.4 Å². The second-order valence-corrected chi connectivity index (χ2v) is 8.90. The monoisotopic (exact) mass is 430 g/mol. The van der Waals surface area contributed by atoms with Crippen molar-refractivity contribution < 1.29 is 73.9 Å². The normalized spacial score (nSPS) is 12.4. The van der Waals surface area contributed by atoms with Gasteiger partial charge in [0.15, 0.2) is 5.44 Å². The standard InChI is InChI=1S/C20H40O5S.K/c1-3-4-5-6-7-8-9-10-11-12-13-14-15-16-17-18-20(21)25-19(2)26(22,23)24;/h19H,3-18H2,1-2H3,(H,22,23,24);/q;+1/p-1. The zero-order chi connectivity index (χ0) is 19.7. The summed E-state index contributed by atoms with van der Waals surface area (Å²) in [5, 5.41) is 0. The predicted octanol–water partition coefficient (Wildman–Crippen LogP) is 2.69. The Hall–Kier alpha value is 1.02. The summed E-state index contributed by atoms with van der Waals surface area (Å²) < 4.78 is 36.5. The molecule has 0 aliphatic rings. The van der Waals surface area contributed by atoms with Crippen LogP contribution in [-0.2, 0) is 19.6 Å². The van der Waals surface area contributed by atoms with Crippen molar-refractivity contribution in [2.45, 2.75) is 122 Å². The molecule has 0 N–H and O–H groups in total. The topological polar surface area (TPSA) is 83.5 Å². The minimum absolute atomic E-state index is 0. The van der Waals surface area contributed by atoms with Gasteiger partial charge in [0.25, 0.3) is 0 Å². The average Bonchev–Trinajstić information content (AvgIpc) is 2.57. The smallest absolute Gasteiger partial charge is 0.745 e. The second kappa shape index (κ2) is 20.3. The Morgan fingerprint density at radius 2 is 1.11 bits per heavy atom. The molecular formula is C20H39KO5S. The van der Waals surface area contributed by atoms with E-state index >= 15 is 0 Å². The first-order valence-electron chi connectivity index (χ1n) is 10.5. The van der Waals surface area contributed by atoms with E-state index in [0.29, 0.717) is 6.42 Å². The van der Waals surface area contributed by atoms with Gasteiger partial charge in [-0.25, -0.2) is 8.42 Å². The van der Waals surface area contributed by atoms with Gasteiger partial charge < -0.3 is 9.29 Å². The summed E-state index contributed by atoms with van der Waals surface area (Å²) >= 11 is 0. The van der Waals surface area contributed by atoms with Crippen LogP contribution in [0.15, 0.2) is 0 Å². The molecule has 27 heavy (non-hydrogen) atoms. The van der Waals surface area contributed by atoms with E-state index in [9.17, 15) is 17.8 Å². The third kappa shape index (κ3) is 21.5. The van der Waals surface area contributed by atoms with Crippen molar-refractivity contribution in [3.63, 3.8) is 0 Å². The van der Waals surface area contributed by atoms with Gasteiger partial charge in [0.1, 0.15) is 10.1 Å². The Morgan fingerprint density at radius 3 is 1.44 bits per heavy atom. The summed E-state index contributed by atoms with van der Waals surface area (Å²) in [4.78, 5) is 11.4. The maximum Gasteiger partial charge on any atom is 1.00 e. The van der Waals surface area contributed by atoms with E-state index in [1.165, 1.54) is 77.0 Å². The van der Waals surface area contributed by atoms with Gasteiger partial charge in [0.2, 0.25) is 0 Å². The van der Waals surface area contributed by atoms with Crippen molar-refractivity contribution in [1.29, 1.82) is 0 Å². The molecule has 0 rings (SSSR count). The number of hydrogen-bond acceptors (Lipinski definition) is 5. The molecule has 0 spiro atoms. The molecule has 5 nitrogen and oxygen atoms in total. The molecular weight excluding hydrogens is 391 g/mol. The van der Waals surface area contributed by atoms with Crippen LogP contribution in [0.25, 0.3) is 0 Å². The van der Waals surface area contributed by atoms with Gasteiger partial charge in [-0.15, -0.1) is 0 Å². The van der Waals surface area contributed by atoms with Gasteiger partial charge in [0, 0.05) is 6.42 Å². The number of carbonyl (C=O) groups excluding carboxylic acids is 1. The van der Waals surface area contributed by atoms with E-state index in [2.05, 4.69) is 11.7 Å². The summed E-state index contributed by atoms with van der Waals surface area (Å²) in [5.74, 6) is -0.605. The van der Waals surface area contributed by atoms with Crippen LogP contribution in [0.1, 0.15) is 117 Å². The summed E-state index contributed by atoms with van der Waals surface area (Å²) in [6.45, 7) is 3.34. The molecule has 0 saturated carbocycles. The quantitative estimate of drug-likeness (QED) is 0.144. The molecule has 156 valence electrons. The minimum Gasteiger partial charge on any atom is -0.745 e. The van der Waals surface area contributed by atoms with Crippen molar-refractivity contribution in [3.05, 3.63) is 0 Å². The van der Waals surface area contributed by atoms with Gasteiger partial charge >= 0.3 is 57.4 Å². The molecule has 0 bridgehead atoms. The van der Waals surface area contributed by atoms with Crippen LogP contribution >= 0.6 is 0 Å². The van der Waals surface area contributed by atoms with Crippen LogP contribution in [-0.4, -0.2) is 24.4 Å². The van der Waals surface area contributed by atoms with Crippen LogP contribution in [0.3, 0.4) is 0 Å². The molecule has 0 heterocycles. The molecule has 0 aromatic rings. The van der Waals surface area contributed by atoms with Crippen molar-refractivity contribution in [2.75, 3.05) is 0 Å². The first kappa shape index (κ1) is 30.2. The Bertz CT molecular complexity index is 440. The maximum atomic E-state index is 11.4. The number of carbonyl (C=O) groups is 1. The Balaban J connectivity index is 0. The molecule has 7 heteroatoms. The molecule has 0 fully saturated rings. The number of unbranched alkanes of at least 4 members (excludes halogenated alkanes) is 14. The van der Waals surface area contributed by atoms with Crippen LogP contribution in [0.2, 0.25) is 0 Å². The van der Waals surface area contributed by atoms with E-state index in [1.54, 1.807) is 0 Å². The fourth-order valence-electron chi connectivity index (χ4n) is 2.94. The number of hydrogen-bond donors (Lipinski definition) is 0. The van der Waals surface area contributed by atoms with Gasteiger partial charge in [-0.1, -0.05) is 96.8 Å². The first-order valence-corrected chi connectivity index (χ1v) is 12.0. The molecule has 0 aliphatic heterocycles. The maximum absolute atomic E-state index is 11.4. The molecule has 0 aliphatic carbocycles. The van der Waals surface area contributed by atoms with Crippen LogP contribution in [0.5, 0.6) is 0 Å². The van der Waals surface area contributed by atoms with Crippen molar-refractivity contribution in [1.82, 2.24) is 0 Å². The molecule has 0 aromatic heterocycles. The van der Waals surface area contributed by atoms with Crippen LogP contribution in [0.4, 0.5) is 0 Å². The zero-order valence-electron chi connectivity index (χ0n) is 17.8. The largest absolute Gasteiger partial charge is 1.00 e. The zero-order valence-corrected chi connectivity index (χ0v) is 21.8. The second-order valence-electron chi connectivity index (χ2n) is 7.25. The van der Waals surface area contributed by atoms with E-state index in [4.69, 9.17) is 0 Å². The van der Waals surface area contributed by atoms with E-state index < -0.39 is 21.5 Å². The number of esters is 1. The Labute approximate surface area is 209 Å². The fraction of sp³-hybridized carbons (Fsp3) is 0.950. The average molecular weight is 431 g/mol. The summed E-state index contributed by atoms with van der Waals surface area (Å²) in [5.41, 5.74) is -1.59. The third-order valence-corrected chi connectivity index (χ3v) is 5.60. The Kier molecular flexibility index (Phi) is 22.7. The molecule has 0 saturated heterocycles. The van der Waals surface area contributed by atoms with Crippen LogP contribution in [0, 0.1) is 0 Å². The van der Waals surface area contributed by atoms with Gasteiger partial charge in [-0.3, -0.25) is 4.79 Å². The molecule has 0 aromatic carbocycles. The first-order chi connectivity index (χ1) is 12.4. The number of rotatable bonds is 18. The molecule has 0 radical (unpaired) electrons. The fourth-order valence-corrected chi connectivity index (χ4v) is 3.17. The van der Waals surface area contributed by atoms with Crippen molar-refractivity contribution >= 4 is 16.1 Å². The summed E-state index contributed by atoms with van der Waals surface area (Å²) in [6, 6.07) is 0. The van der Waals surface area contributed by atoms with E-state index in [0.717, 1.165) is 19.8 Å². The summed E-state index contributed by atoms with van der Waals surface area (Å²) in [7, 11) is -4.55. The number of ether oxygens (including phenoxy) is 1. The van der Waals surface area contributed by atoms with Crippen molar-refractivity contribution in [3.8, 4) is 0 Å². The molecule has 1 unspecified atom stereocenters. The van der Waals surface area contributed by atoms with E-state index in [-0.39, 0.29) is 57.8 Å². The van der Waals surface area contributed by atoms with E-state index in [1.807, 2.05) is 0 Å². The van der Waals surface area contributed by atoms with Crippen molar-refractivity contribution in [2.24, 2.45) is 0 Å². The van der Waals surface area contributed by atoms with Gasteiger partial charge in [-0.05, 0) is 13.3 Å².